The fraction of sp³-hybridized carbons (Fsp3) is 0.375. The number of benzene rings is 1. The zero-order valence-electron chi connectivity index (χ0n) is 12.4. The molecule has 1 aromatic carbocycles. The maximum atomic E-state index is 11.6. The number of carbonyl (C=O) groups excluding carboxylic acids is 1. The maximum Gasteiger partial charge on any atom is 0.315 e. The summed E-state index contributed by atoms with van der Waals surface area (Å²) in [6.45, 7) is 4.54. The Kier molecular flexibility index (Phi) is 5.37. The summed E-state index contributed by atoms with van der Waals surface area (Å²) in [6, 6.07) is 11.8. The second-order valence-corrected chi connectivity index (χ2v) is 5.01. The van der Waals surface area contributed by atoms with Crippen molar-refractivity contribution in [3.05, 3.63) is 42.1 Å². The molecule has 5 heteroatoms. The molecule has 112 valence electrons. The van der Waals surface area contributed by atoms with Crippen LogP contribution >= 0.6 is 0 Å². The smallest absolute Gasteiger partial charge is 0.315 e. The second kappa shape index (κ2) is 7.47. The minimum Gasteiger partial charge on any atom is -0.356 e. The minimum atomic E-state index is -0.142. The largest absolute Gasteiger partial charge is 0.356 e. The molecular weight excluding hydrogens is 266 g/mol. The van der Waals surface area contributed by atoms with E-state index >= 15 is 0 Å². The van der Waals surface area contributed by atoms with Crippen LogP contribution in [0.3, 0.4) is 0 Å². The molecule has 0 saturated carbocycles. The van der Waals surface area contributed by atoms with Gasteiger partial charge in [0, 0.05) is 30.6 Å². The summed E-state index contributed by atoms with van der Waals surface area (Å²) in [6.07, 6.45) is 1.56. The molecule has 1 heterocycles. The van der Waals surface area contributed by atoms with Crippen molar-refractivity contribution in [3.63, 3.8) is 0 Å². The Labute approximate surface area is 124 Å². The number of rotatable bonds is 6. The van der Waals surface area contributed by atoms with Gasteiger partial charge >= 0.3 is 6.03 Å². The van der Waals surface area contributed by atoms with Crippen molar-refractivity contribution in [3.8, 4) is 11.3 Å². The van der Waals surface area contributed by atoms with Gasteiger partial charge in [0.1, 0.15) is 0 Å². The van der Waals surface area contributed by atoms with Crippen molar-refractivity contribution < 1.29 is 9.32 Å². The van der Waals surface area contributed by atoms with Gasteiger partial charge in [0.25, 0.3) is 0 Å². The van der Waals surface area contributed by atoms with Gasteiger partial charge < -0.3 is 15.2 Å². The van der Waals surface area contributed by atoms with E-state index in [2.05, 4.69) is 15.8 Å². The zero-order valence-corrected chi connectivity index (χ0v) is 12.4. The number of aromatic nitrogens is 1. The molecule has 2 aromatic rings. The van der Waals surface area contributed by atoms with Crippen LogP contribution in [0.25, 0.3) is 11.3 Å². The predicted octanol–water partition coefficient (Wildman–Crippen LogP) is 2.98. The van der Waals surface area contributed by atoms with E-state index in [1.165, 1.54) is 0 Å². The highest BCUT2D eigenvalue weighted by Gasteiger charge is 2.08. The summed E-state index contributed by atoms with van der Waals surface area (Å²) in [5, 5.41) is 9.69. The summed E-state index contributed by atoms with van der Waals surface area (Å²) >= 11 is 0. The number of urea groups is 1. The maximum absolute atomic E-state index is 11.6. The Hall–Kier alpha value is -2.30. The Morgan fingerprint density at radius 3 is 2.81 bits per heavy atom. The summed E-state index contributed by atoms with van der Waals surface area (Å²) in [5.41, 5.74) is 1.83. The Balaban J connectivity index is 1.80. The Morgan fingerprint density at radius 2 is 2.10 bits per heavy atom. The molecule has 5 nitrogen and oxygen atoms in total. The second-order valence-electron chi connectivity index (χ2n) is 5.01. The van der Waals surface area contributed by atoms with E-state index in [9.17, 15) is 4.79 Å². The molecule has 2 amide bonds. The molecule has 2 rings (SSSR count). The van der Waals surface area contributed by atoms with Crippen molar-refractivity contribution in [1.29, 1.82) is 0 Å². The van der Waals surface area contributed by atoms with E-state index in [0.717, 1.165) is 23.4 Å². The summed E-state index contributed by atoms with van der Waals surface area (Å²) in [5.74, 6) is 0.745. The summed E-state index contributed by atoms with van der Waals surface area (Å²) in [4.78, 5) is 11.6. The van der Waals surface area contributed by atoms with Gasteiger partial charge in [0.2, 0.25) is 0 Å². The average molecular weight is 287 g/mol. The van der Waals surface area contributed by atoms with Crippen LogP contribution in [0, 0.1) is 0 Å². The molecule has 21 heavy (non-hydrogen) atoms. The summed E-state index contributed by atoms with van der Waals surface area (Å²) < 4.78 is 5.31. The first-order valence-electron chi connectivity index (χ1n) is 7.24. The Morgan fingerprint density at radius 1 is 1.33 bits per heavy atom. The minimum absolute atomic E-state index is 0.142. The van der Waals surface area contributed by atoms with Gasteiger partial charge in [-0.05, 0) is 13.3 Å². The number of nitrogens with one attached hydrogen (secondary N) is 2. The van der Waals surface area contributed by atoms with Crippen LogP contribution in [-0.4, -0.2) is 23.8 Å². The molecule has 0 fully saturated rings. The van der Waals surface area contributed by atoms with Gasteiger partial charge in [-0.15, -0.1) is 0 Å². The quantitative estimate of drug-likeness (QED) is 0.858. The number of hydrogen-bond donors (Lipinski definition) is 2. The van der Waals surface area contributed by atoms with Gasteiger partial charge in [-0.25, -0.2) is 4.79 Å². The summed E-state index contributed by atoms with van der Waals surface area (Å²) in [7, 11) is 0. The van der Waals surface area contributed by atoms with Gasteiger partial charge in [0.15, 0.2) is 5.76 Å². The van der Waals surface area contributed by atoms with Crippen LogP contribution in [0.15, 0.2) is 40.9 Å². The molecule has 0 aliphatic heterocycles. The molecular formula is C16H21N3O2. The molecule has 1 unspecified atom stereocenters. The Bertz CT molecular complexity index is 566. The van der Waals surface area contributed by atoms with E-state index in [1.54, 1.807) is 0 Å². The molecule has 0 aliphatic rings. The van der Waals surface area contributed by atoms with E-state index < -0.39 is 0 Å². The van der Waals surface area contributed by atoms with E-state index in [-0.39, 0.29) is 12.1 Å². The molecule has 0 aliphatic carbocycles. The predicted molar refractivity (Wildman–Crippen MR) is 81.9 cm³/mol. The van der Waals surface area contributed by atoms with Gasteiger partial charge in [-0.1, -0.05) is 42.4 Å². The molecule has 0 saturated heterocycles. The standard InChI is InChI=1S/C16H21N3O2/c1-3-12(2)18-16(20)17-10-9-14-11-15(21-19-14)13-7-5-4-6-8-13/h4-8,11-12H,3,9-10H2,1-2H3,(H2,17,18,20). The van der Waals surface area contributed by atoms with Gasteiger partial charge in [0.05, 0.1) is 5.69 Å². The SMILES string of the molecule is CCC(C)NC(=O)NCCc1cc(-c2ccccc2)on1. The third kappa shape index (κ3) is 4.63. The van der Waals surface area contributed by atoms with E-state index in [4.69, 9.17) is 4.52 Å². The lowest BCUT2D eigenvalue weighted by atomic mass is 10.1. The zero-order chi connectivity index (χ0) is 15.1. The highest BCUT2D eigenvalue weighted by atomic mass is 16.5. The van der Waals surface area contributed by atoms with Crippen LogP contribution in [0.2, 0.25) is 0 Å². The average Bonchev–Trinajstić information content (AvgIpc) is 2.97. The van der Waals surface area contributed by atoms with Crippen molar-refractivity contribution in [2.75, 3.05) is 6.54 Å². The monoisotopic (exact) mass is 287 g/mol. The van der Waals surface area contributed by atoms with Crippen molar-refractivity contribution in [2.45, 2.75) is 32.7 Å². The van der Waals surface area contributed by atoms with E-state index in [1.807, 2.05) is 50.2 Å². The lowest BCUT2D eigenvalue weighted by molar-refractivity contribution is 0.237. The van der Waals surface area contributed by atoms with Crippen LogP contribution in [0.1, 0.15) is 26.0 Å². The number of hydrogen-bond acceptors (Lipinski definition) is 3. The highest BCUT2D eigenvalue weighted by Crippen LogP contribution is 2.19. The van der Waals surface area contributed by atoms with E-state index in [0.29, 0.717) is 13.0 Å². The third-order valence-corrected chi connectivity index (χ3v) is 3.27. The normalized spacial score (nSPS) is 11.9. The fourth-order valence-electron chi connectivity index (χ4n) is 1.85. The first kappa shape index (κ1) is 15.1. The third-order valence-electron chi connectivity index (χ3n) is 3.27. The molecule has 0 bridgehead atoms. The van der Waals surface area contributed by atoms with Gasteiger partial charge in [-0.2, -0.15) is 0 Å². The molecule has 1 aromatic heterocycles. The van der Waals surface area contributed by atoms with Gasteiger partial charge in [-0.3, -0.25) is 0 Å². The number of nitrogens with zero attached hydrogens (tertiary/aromatic N) is 1. The van der Waals surface area contributed by atoms with Crippen LogP contribution in [0.4, 0.5) is 4.79 Å². The van der Waals surface area contributed by atoms with Crippen molar-refractivity contribution >= 4 is 6.03 Å². The van der Waals surface area contributed by atoms with Crippen LogP contribution in [0.5, 0.6) is 0 Å². The molecule has 0 radical (unpaired) electrons. The van der Waals surface area contributed by atoms with Crippen molar-refractivity contribution in [2.24, 2.45) is 0 Å². The number of carbonyl (C=O) groups is 1. The van der Waals surface area contributed by atoms with Crippen molar-refractivity contribution in [1.82, 2.24) is 15.8 Å². The molecule has 1 atom stereocenters. The van der Waals surface area contributed by atoms with Crippen LogP contribution in [-0.2, 0) is 6.42 Å². The van der Waals surface area contributed by atoms with Crippen LogP contribution < -0.4 is 10.6 Å². The fourth-order valence-corrected chi connectivity index (χ4v) is 1.85. The molecule has 0 spiro atoms. The lowest BCUT2D eigenvalue weighted by Crippen LogP contribution is -2.41. The first-order valence-corrected chi connectivity index (χ1v) is 7.24. The molecule has 2 N–H and O–H groups in total. The number of amides is 2. The highest BCUT2D eigenvalue weighted by molar-refractivity contribution is 5.74. The first-order chi connectivity index (χ1) is 10.2. The lowest BCUT2D eigenvalue weighted by Gasteiger charge is -2.11. The topological polar surface area (TPSA) is 67.2 Å².